The molecule has 0 bridgehead atoms. The lowest BCUT2D eigenvalue weighted by molar-refractivity contribution is -0.114. The summed E-state index contributed by atoms with van der Waals surface area (Å²) in [6.45, 7) is 11.1. The van der Waals surface area contributed by atoms with Gasteiger partial charge in [-0.2, -0.15) is 0 Å². The standard InChI is InChI=1S/C26H36O3Si/c1-26(2,3)30(5,6)29-24-19-17-22(20-25(24)28-4)16-18-23(27)15-11-10-14-21-12-8-7-9-13-21/h7-9,12-13,16-20H,10-11,14-15H2,1-6H3/b18-16+. The Hall–Kier alpha value is -2.33. The SMILES string of the molecule is COc1cc(/C=C/C(=O)CCCCc2ccccc2)ccc1O[Si](C)(C)C(C)(C)C. The molecule has 2 aromatic rings. The molecule has 162 valence electrons. The van der Waals surface area contributed by atoms with Crippen molar-refractivity contribution < 1.29 is 14.0 Å². The van der Waals surface area contributed by atoms with Gasteiger partial charge < -0.3 is 9.16 Å². The predicted molar refractivity (Wildman–Crippen MR) is 129 cm³/mol. The number of ether oxygens (including phenoxy) is 1. The highest BCUT2D eigenvalue weighted by atomic mass is 28.4. The summed E-state index contributed by atoms with van der Waals surface area (Å²) in [5.41, 5.74) is 2.26. The van der Waals surface area contributed by atoms with Gasteiger partial charge in [0.15, 0.2) is 11.5 Å². The monoisotopic (exact) mass is 424 g/mol. The van der Waals surface area contributed by atoms with Gasteiger partial charge in [0.05, 0.1) is 7.11 Å². The van der Waals surface area contributed by atoms with E-state index >= 15 is 0 Å². The number of allylic oxidation sites excluding steroid dienone is 1. The summed E-state index contributed by atoms with van der Waals surface area (Å²) >= 11 is 0. The Labute approximate surface area is 183 Å². The molecule has 0 radical (unpaired) electrons. The van der Waals surface area contributed by atoms with Crippen LogP contribution in [0.2, 0.25) is 18.1 Å². The van der Waals surface area contributed by atoms with Crippen LogP contribution in [-0.2, 0) is 11.2 Å². The zero-order valence-corrected chi connectivity index (χ0v) is 20.3. The quantitative estimate of drug-likeness (QED) is 0.232. The van der Waals surface area contributed by atoms with E-state index in [0.717, 1.165) is 30.6 Å². The van der Waals surface area contributed by atoms with Crippen LogP contribution in [0.4, 0.5) is 0 Å². The molecule has 0 aromatic heterocycles. The molecule has 0 aliphatic rings. The molecule has 30 heavy (non-hydrogen) atoms. The number of carbonyl (C=O) groups excluding carboxylic acids is 1. The van der Waals surface area contributed by atoms with Gasteiger partial charge in [0, 0.05) is 6.42 Å². The van der Waals surface area contributed by atoms with Crippen molar-refractivity contribution in [2.45, 2.75) is 64.6 Å². The lowest BCUT2D eigenvalue weighted by atomic mass is 10.1. The minimum Gasteiger partial charge on any atom is -0.541 e. The molecule has 4 heteroatoms. The highest BCUT2D eigenvalue weighted by Gasteiger charge is 2.39. The Balaban J connectivity index is 1.91. The third kappa shape index (κ3) is 7.17. The number of methoxy groups -OCH3 is 1. The molecule has 0 unspecified atom stereocenters. The maximum atomic E-state index is 12.2. The van der Waals surface area contributed by atoms with E-state index in [1.165, 1.54) is 5.56 Å². The van der Waals surface area contributed by atoms with Crippen molar-refractivity contribution in [3.8, 4) is 11.5 Å². The first-order valence-electron chi connectivity index (χ1n) is 10.7. The van der Waals surface area contributed by atoms with Crippen LogP contribution >= 0.6 is 0 Å². The molecule has 3 nitrogen and oxygen atoms in total. The molecule has 2 aromatic carbocycles. The Morgan fingerprint density at radius 1 is 1.00 bits per heavy atom. The molecule has 0 aliphatic heterocycles. The smallest absolute Gasteiger partial charge is 0.250 e. The maximum absolute atomic E-state index is 12.2. The summed E-state index contributed by atoms with van der Waals surface area (Å²) in [6, 6.07) is 16.3. The summed E-state index contributed by atoms with van der Waals surface area (Å²) in [5, 5.41) is 0.115. The minimum atomic E-state index is -1.94. The van der Waals surface area contributed by atoms with Gasteiger partial charge >= 0.3 is 0 Å². The van der Waals surface area contributed by atoms with Crippen LogP contribution in [0.3, 0.4) is 0 Å². The molecule has 2 rings (SSSR count). The summed E-state index contributed by atoms with van der Waals surface area (Å²) < 4.78 is 11.9. The predicted octanol–water partition coefficient (Wildman–Crippen LogP) is 7.07. The lowest BCUT2D eigenvalue weighted by Crippen LogP contribution is -2.43. The normalized spacial score (nSPS) is 12.2. The van der Waals surface area contributed by atoms with Gasteiger partial charge in [0.25, 0.3) is 8.32 Å². The van der Waals surface area contributed by atoms with Crippen LogP contribution in [0.1, 0.15) is 51.2 Å². The first-order chi connectivity index (χ1) is 14.1. The van der Waals surface area contributed by atoms with Gasteiger partial charge in [0.2, 0.25) is 0 Å². The molecular formula is C26H36O3Si. The van der Waals surface area contributed by atoms with Crippen molar-refractivity contribution in [2.24, 2.45) is 0 Å². The molecule has 0 heterocycles. The van der Waals surface area contributed by atoms with E-state index in [4.69, 9.17) is 9.16 Å². The minimum absolute atomic E-state index is 0.115. The average molecular weight is 425 g/mol. The van der Waals surface area contributed by atoms with E-state index in [1.807, 2.05) is 30.3 Å². The third-order valence-corrected chi connectivity index (χ3v) is 10.1. The number of benzene rings is 2. The first-order valence-corrected chi connectivity index (χ1v) is 13.6. The molecule has 0 fully saturated rings. The Bertz CT molecular complexity index is 848. The number of aryl methyl sites for hydroxylation is 1. The second-order valence-corrected chi connectivity index (χ2v) is 14.0. The van der Waals surface area contributed by atoms with E-state index in [0.29, 0.717) is 12.2 Å². The van der Waals surface area contributed by atoms with Crippen molar-refractivity contribution in [1.82, 2.24) is 0 Å². The molecule has 0 N–H and O–H groups in total. The van der Waals surface area contributed by atoms with E-state index in [9.17, 15) is 4.79 Å². The van der Waals surface area contributed by atoms with Crippen molar-refractivity contribution in [3.63, 3.8) is 0 Å². The van der Waals surface area contributed by atoms with Crippen LogP contribution in [-0.4, -0.2) is 21.2 Å². The molecule has 0 saturated heterocycles. The van der Waals surface area contributed by atoms with Gasteiger partial charge in [0.1, 0.15) is 5.75 Å². The fourth-order valence-electron chi connectivity index (χ4n) is 2.85. The molecule has 0 aliphatic carbocycles. The van der Waals surface area contributed by atoms with Crippen LogP contribution in [0.5, 0.6) is 11.5 Å². The summed E-state index contributed by atoms with van der Waals surface area (Å²) in [4.78, 5) is 12.2. The fraction of sp³-hybridized carbons (Fsp3) is 0.423. The molecule has 0 atom stereocenters. The van der Waals surface area contributed by atoms with Gasteiger partial charge in [-0.15, -0.1) is 0 Å². The lowest BCUT2D eigenvalue weighted by Gasteiger charge is -2.36. The van der Waals surface area contributed by atoms with E-state index in [1.54, 1.807) is 13.2 Å². The summed E-state index contributed by atoms with van der Waals surface area (Å²) in [5.74, 6) is 1.63. The number of hydrogen-bond donors (Lipinski definition) is 0. The van der Waals surface area contributed by atoms with Gasteiger partial charge in [-0.05, 0) is 66.7 Å². The Morgan fingerprint density at radius 3 is 2.33 bits per heavy atom. The van der Waals surface area contributed by atoms with E-state index in [2.05, 4.69) is 58.1 Å². The van der Waals surface area contributed by atoms with Crippen molar-refractivity contribution >= 4 is 20.2 Å². The number of unbranched alkanes of at least 4 members (excludes halogenated alkanes) is 1. The zero-order chi connectivity index (χ0) is 22.2. The van der Waals surface area contributed by atoms with Gasteiger partial charge in [-0.1, -0.05) is 63.2 Å². The van der Waals surface area contributed by atoms with Crippen LogP contribution in [0.25, 0.3) is 6.08 Å². The second-order valence-electron chi connectivity index (χ2n) is 9.27. The largest absolute Gasteiger partial charge is 0.541 e. The molecule has 0 amide bonds. The third-order valence-electron chi connectivity index (χ3n) is 5.80. The zero-order valence-electron chi connectivity index (χ0n) is 19.3. The molecule has 0 spiro atoms. The Kier molecular flexibility index (Phi) is 8.48. The van der Waals surface area contributed by atoms with Gasteiger partial charge in [-0.25, -0.2) is 0 Å². The summed E-state index contributed by atoms with van der Waals surface area (Å²) in [6.07, 6.45) is 7.05. The second kappa shape index (κ2) is 10.6. The van der Waals surface area contributed by atoms with Gasteiger partial charge in [-0.3, -0.25) is 4.79 Å². The number of carbonyl (C=O) groups is 1. The number of ketones is 1. The van der Waals surface area contributed by atoms with Crippen molar-refractivity contribution in [3.05, 3.63) is 65.7 Å². The van der Waals surface area contributed by atoms with E-state index < -0.39 is 8.32 Å². The fourth-order valence-corrected chi connectivity index (χ4v) is 3.87. The molecular weight excluding hydrogens is 388 g/mol. The maximum Gasteiger partial charge on any atom is 0.250 e. The van der Waals surface area contributed by atoms with Crippen LogP contribution in [0, 0.1) is 0 Å². The Morgan fingerprint density at radius 2 is 1.70 bits per heavy atom. The molecule has 0 saturated carbocycles. The first kappa shape index (κ1) is 23.9. The highest BCUT2D eigenvalue weighted by molar-refractivity contribution is 6.74. The average Bonchev–Trinajstić information content (AvgIpc) is 2.70. The highest BCUT2D eigenvalue weighted by Crippen LogP contribution is 2.40. The van der Waals surface area contributed by atoms with Crippen molar-refractivity contribution in [1.29, 1.82) is 0 Å². The van der Waals surface area contributed by atoms with Crippen LogP contribution < -0.4 is 9.16 Å². The van der Waals surface area contributed by atoms with Crippen molar-refractivity contribution in [2.75, 3.05) is 7.11 Å². The topological polar surface area (TPSA) is 35.5 Å². The number of hydrogen-bond acceptors (Lipinski definition) is 3. The summed E-state index contributed by atoms with van der Waals surface area (Å²) in [7, 11) is -0.291. The number of rotatable bonds is 10. The van der Waals surface area contributed by atoms with E-state index in [-0.39, 0.29) is 10.8 Å². The van der Waals surface area contributed by atoms with Crippen LogP contribution in [0.15, 0.2) is 54.6 Å².